The van der Waals surface area contributed by atoms with Gasteiger partial charge in [0.05, 0.1) is 11.4 Å². The first-order chi connectivity index (χ1) is 15.4. The van der Waals surface area contributed by atoms with Gasteiger partial charge in [-0.1, -0.05) is 29.8 Å². The molecule has 4 heterocycles. The van der Waals surface area contributed by atoms with Crippen LogP contribution in [0.15, 0.2) is 58.4 Å². The molecule has 0 fully saturated rings. The molecule has 1 aromatic carbocycles. The van der Waals surface area contributed by atoms with Crippen molar-refractivity contribution in [1.82, 2.24) is 19.7 Å². The molecule has 7 heteroatoms. The maximum atomic E-state index is 6.69. The van der Waals surface area contributed by atoms with Crippen LogP contribution in [-0.2, 0) is 0 Å². The van der Waals surface area contributed by atoms with E-state index in [2.05, 4.69) is 57.8 Å². The van der Waals surface area contributed by atoms with Crippen LogP contribution in [0.4, 0.5) is 0 Å². The molecule has 2 aromatic heterocycles. The van der Waals surface area contributed by atoms with Crippen LogP contribution >= 0.6 is 23.5 Å². The van der Waals surface area contributed by atoms with Crippen LogP contribution in [-0.4, -0.2) is 36.9 Å². The van der Waals surface area contributed by atoms with Crippen molar-refractivity contribution in [2.24, 2.45) is 5.92 Å². The molecule has 0 bridgehead atoms. The normalized spacial score (nSPS) is 20.5. The lowest BCUT2D eigenvalue weighted by Gasteiger charge is -2.46. The third-order valence-corrected chi connectivity index (χ3v) is 8.32. The summed E-state index contributed by atoms with van der Waals surface area (Å²) < 4.78 is 8.65. The van der Waals surface area contributed by atoms with Crippen molar-refractivity contribution in [3.05, 3.63) is 65.1 Å². The van der Waals surface area contributed by atoms with Crippen molar-refractivity contribution in [3.8, 4) is 11.6 Å². The molecule has 0 saturated heterocycles. The van der Waals surface area contributed by atoms with Gasteiger partial charge in [-0.15, -0.1) is 23.5 Å². The number of thioether (sulfide) groups is 2. The molecule has 32 heavy (non-hydrogen) atoms. The number of nitrogens with zero attached hydrogens (tertiary/aromatic N) is 4. The van der Waals surface area contributed by atoms with Gasteiger partial charge in [-0.2, -0.15) is 5.10 Å². The Labute approximate surface area is 198 Å². The van der Waals surface area contributed by atoms with Crippen LogP contribution in [0.2, 0.25) is 0 Å². The van der Waals surface area contributed by atoms with E-state index in [0.29, 0.717) is 5.92 Å². The zero-order chi connectivity index (χ0) is 22.5. The van der Waals surface area contributed by atoms with E-state index >= 15 is 0 Å². The first kappa shape index (κ1) is 21.6. The molecule has 0 spiro atoms. The number of hydrogen-bond donors (Lipinski definition) is 0. The molecule has 5 rings (SSSR count). The summed E-state index contributed by atoms with van der Waals surface area (Å²) in [6.07, 6.45) is 3.97. The van der Waals surface area contributed by atoms with Crippen molar-refractivity contribution in [2.75, 3.05) is 11.5 Å². The minimum absolute atomic E-state index is 0.165. The van der Waals surface area contributed by atoms with Crippen molar-refractivity contribution < 1.29 is 4.74 Å². The third-order valence-electron chi connectivity index (χ3n) is 6.26. The third kappa shape index (κ3) is 3.65. The van der Waals surface area contributed by atoms with Crippen LogP contribution in [0, 0.1) is 12.8 Å². The van der Waals surface area contributed by atoms with E-state index in [-0.39, 0.29) is 11.5 Å². The summed E-state index contributed by atoms with van der Waals surface area (Å²) in [4.78, 5) is 9.42. The quantitative estimate of drug-likeness (QED) is 0.266. The number of ether oxygens (including phenoxy) is 1. The zero-order valence-corrected chi connectivity index (χ0v) is 20.8. The molecule has 3 aromatic rings. The standard InChI is InChI=1S/C25H28N4OS2/c1-15(2)11-12-31-22-21-20-18(13-32-23(21)27-14-26-22)25(4,5)30-24-19(20)16(3)28-29(24)17-9-7-6-8-10-17/h6-11,14,18,20H,12-13H2,1-5H3/t18-,20+/m1/s1. The highest BCUT2D eigenvalue weighted by molar-refractivity contribution is 8.00. The van der Waals surface area contributed by atoms with Crippen molar-refractivity contribution in [1.29, 1.82) is 0 Å². The van der Waals surface area contributed by atoms with Gasteiger partial charge in [0.2, 0.25) is 5.88 Å². The highest BCUT2D eigenvalue weighted by atomic mass is 32.2. The van der Waals surface area contributed by atoms with Gasteiger partial charge in [0.15, 0.2) is 0 Å². The highest BCUT2D eigenvalue weighted by Gasteiger charge is 2.51. The summed E-state index contributed by atoms with van der Waals surface area (Å²) in [5.41, 5.74) is 5.43. The number of rotatable bonds is 4. The Balaban J connectivity index is 1.69. The van der Waals surface area contributed by atoms with Gasteiger partial charge in [-0.3, -0.25) is 0 Å². The van der Waals surface area contributed by atoms with Crippen LogP contribution in [0.1, 0.15) is 50.4 Å². The molecule has 2 atom stereocenters. The predicted molar refractivity (Wildman–Crippen MR) is 131 cm³/mol. The highest BCUT2D eigenvalue weighted by Crippen LogP contribution is 2.56. The van der Waals surface area contributed by atoms with Gasteiger partial charge in [0, 0.05) is 34.5 Å². The maximum absolute atomic E-state index is 6.69. The van der Waals surface area contributed by atoms with Gasteiger partial charge in [0.1, 0.15) is 22.0 Å². The molecule has 0 saturated carbocycles. The lowest BCUT2D eigenvalue weighted by atomic mass is 9.72. The summed E-state index contributed by atoms with van der Waals surface area (Å²) in [5.74, 6) is 3.20. The van der Waals surface area contributed by atoms with Crippen molar-refractivity contribution >= 4 is 23.5 Å². The molecule has 5 nitrogen and oxygen atoms in total. The van der Waals surface area contributed by atoms with E-state index in [1.807, 2.05) is 34.6 Å². The Morgan fingerprint density at radius 1 is 1.22 bits per heavy atom. The second-order valence-corrected chi connectivity index (χ2v) is 11.2. The first-order valence-electron chi connectivity index (χ1n) is 10.9. The molecular formula is C25H28N4OS2. The fourth-order valence-corrected chi connectivity index (χ4v) is 7.18. The minimum atomic E-state index is -0.334. The van der Waals surface area contributed by atoms with E-state index in [4.69, 9.17) is 14.8 Å². The lowest BCUT2D eigenvalue weighted by molar-refractivity contribution is 0.0193. The van der Waals surface area contributed by atoms with Gasteiger partial charge in [-0.05, 0) is 46.8 Å². The smallest absolute Gasteiger partial charge is 0.221 e. The maximum Gasteiger partial charge on any atom is 0.221 e. The second-order valence-electron chi connectivity index (χ2n) is 9.14. The van der Waals surface area contributed by atoms with E-state index in [1.165, 1.54) is 16.7 Å². The fourth-order valence-electron chi connectivity index (χ4n) is 4.60. The zero-order valence-electron chi connectivity index (χ0n) is 19.1. The number of hydrogen-bond acceptors (Lipinski definition) is 6. The molecule has 2 aliphatic heterocycles. The van der Waals surface area contributed by atoms with Gasteiger partial charge >= 0.3 is 0 Å². The molecule has 166 valence electrons. The van der Waals surface area contributed by atoms with Crippen LogP contribution in [0.5, 0.6) is 5.88 Å². The Bertz CT molecular complexity index is 1180. The molecule has 2 aliphatic rings. The SMILES string of the molecule is CC(C)=CCSc1ncnc2c1[C@@H]1c3c(C)nn(-c4ccccc4)c3OC(C)(C)[C@@H]1CS2. The number of benzene rings is 1. The van der Waals surface area contributed by atoms with Crippen molar-refractivity contribution in [3.63, 3.8) is 0 Å². The van der Waals surface area contributed by atoms with Crippen LogP contribution in [0.25, 0.3) is 5.69 Å². The van der Waals surface area contributed by atoms with E-state index < -0.39 is 0 Å². The number of fused-ring (bicyclic) bond motifs is 5. The number of para-hydroxylation sites is 1. The topological polar surface area (TPSA) is 52.8 Å². The number of aryl methyl sites for hydroxylation is 1. The van der Waals surface area contributed by atoms with E-state index in [9.17, 15) is 0 Å². The molecular weight excluding hydrogens is 436 g/mol. The Morgan fingerprint density at radius 2 is 2.00 bits per heavy atom. The molecule has 0 radical (unpaired) electrons. The Morgan fingerprint density at radius 3 is 2.75 bits per heavy atom. The second kappa shape index (κ2) is 8.27. The summed E-state index contributed by atoms with van der Waals surface area (Å²) in [6, 6.07) is 10.2. The Hall–Kier alpha value is -2.25. The molecule has 0 N–H and O–H groups in total. The molecule has 0 unspecified atom stereocenters. The van der Waals surface area contributed by atoms with Crippen LogP contribution in [0.3, 0.4) is 0 Å². The van der Waals surface area contributed by atoms with Gasteiger partial charge < -0.3 is 4.74 Å². The number of aromatic nitrogens is 4. The van der Waals surface area contributed by atoms with Crippen molar-refractivity contribution in [2.45, 2.75) is 56.2 Å². The minimum Gasteiger partial charge on any atom is -0.471 e. The predicted octanol–water partition coefficient (Wildman–Crippen LogP) is 6.05. The first-order valence-corrected chi connectivity index (χ1v) is 12.9. The van der Waals surface area contributed by atoms with Gasteiger partial charge in [-0.25, -0.2) is 14.6 Å². The fraction of sp³-hybridized carbons (Fsp3) is 0.400. The largest absolute Gasteiger partial charge is 0.471 e. The monoisotopic (exact) mass is 464 g/mol. The lowest BCUT2D eigenvalue weighted by Crippen LogP contribution is -2.48. The summed E-state index contributed by atoms with van der Waals surface area (Å²) in [5, 5.41) is 7.10. The average molecular weight is 465 g/mol. The molecule has 0 aliphatic carbocycles. The summed E-state index contributed by atoms with van der Waals surface area (Å²) >= 11 is 3.62. The van der Waals surface area contributed by atoms with Gasteiger partial charge in [0.25, 0.3) is 0 Å². The average Bonchev–Trinajstić information content (AvgIpc) is 3.09. The number of allylic oxidation sites excluding steroid dienone is 1. The summed E-state index contributed by atoms with van der Waals surface area (Å²) in [7, 11) is 0. The van der Waals surface area contributed by atoms with E-state index in [0.717, 1.165) is 38.8 Å². The van der Waals surface area contributed by atoms with Crippen LogP contribution < -0.4 is 4.74 Å². The molecule has 0 amide bonds. The Kier molecular flexibility index (Phi) is 5.58. The van der Waals surface area contributed by atoms with E-state index in [1.54, 1.807) is 18.1 Å². The summed E-state index contributed by atoms with van der Waals surface area (Å²) in [6.45, 7) is 10.8.